The van der Waals surface area contributed by atoms with Crippen molar-refractivity contribution in [3.63, 3.8) is 0 Å². The molecule has 0 radical (unpaired) electrons. The quantitative estimate of drug-likeness (QED) is 0.839. The summed E-state index contributed by atoms with van der Waals surface area (Å²) >= 11 is 0. The zero-order valence-corrected chi connectivity index (χ0v) is 13.0. The van der Waals surface area contributed by atoms with Crippen molar-refractivity contribution in [1.29, 1.82) is 0 Å². The van der Waals surface area contributed by atoms with E-state index in [1.54, 1.807) is 0 Å². The summed E-state index contributed by atoms with van der Waals surface area (Å²) in [7, 11) is -0.812. The lowest BCUT2D eigenvalue weighted by Crippen LogP contribution is -2.27. The Bertz CT molecular complexity index is 498. The van der Waals surface area contributed by atoms with Crippen LogP contribution in [0.2, 0.25) is 0 Å². The van der Waals surface area contributed by atoms with Crippen molar-refractivity contribution in [2.45, 2.75) is 25.7 Å². The molecule has 0 bridgehead atoms. The van der Waals surface area contributed by atoms with E-state index in [1.165, 1.54) is 5.56 Å². The Hall–Kier alpha value is -0.870. The molecule has 2 rings (SSSR count). The predicted molar refractivity (Wildman–Crippen MR) is 83.6 cm³/mol. The minimum absolute atomic E-state index is 0.350. The van der Waals surface area contributed by atoms with Gasteiger partial charge in [0.05, 0.1) is 11.5 Å². The summed E-state index contributed by atoms with van der Waals surface area (Å²) in [6, 6.07) is 10.5. The molecule has 1 aromatic carbocycles. The van der Waals surface area contributed by atoms with Gasteiger partial charge in [0.25, 0.3) is 0 Å². The molecule has 1 saturated heterocycles. The summed E-state index contributed by atoms with van der Waals surface area (Å²) < 4.78 is 23.2. The van der Waals surface area contributed by atoms with Crippen LogP contribution in [0.25, 0.3) is 0 Å². The highest BCUT2D eigenvalue weighted by molar-refractivity contribution is 7.91. The smallest absolute Gasteiger partial charge is 0.150 e. The number of benzene rings is 1. The molecule has 0 spiro atoms. The highest BCUT2D eigenvalue weighted by Gasteiger charge is 2.32. The van der Waals surface area contributed by atoms with E-state index in [-0.39, 0.29) is 0 Å². The number of sulfone groups is 1. The summed E-state index contributed by atoms with van der Waals surface area (Å²) in [6.45, 7) is 0.926. The molecule has 0 aliphatic carbocycles. The van der Waals surface area contributed by atoms with Gasteiger partial charge in [-0.25, -0.2) is 8.42 Å². The Kier molecular flexibility index (Phi) is 5.61. The van der Waals surface area contributed by atoms with Crippen LogP contribution in [0, 0.1) is 11.8 Å². The molecule has 0 saturated carbocycles. The normalized spacial score (nSPS) is 22.8. The average Bonchev–Trinajstić information content (AvgIpc) is 2.79. The van der Waals surface area contributed by atoms with Gasteiger partial charge in [0.2, 0.25) is 0 Å². The zero-order valence-electron chi connectivity index (χ0n) is 12.2. The van der Waals surface area contributed by atoms with Gasteiger partial charge >= 0.3 is 0 Å². The maximum Gasteiger partial charge on any atom is 0.150 e. The van der Waals surface area contributed by atoms with Crippen molar-refractivity contribution in [3.05, 3.63) is 35.9 Å². The van der Waals surface area contributed by atoms with E-state index in [9.17, 15) is 8.42 Å². The second kappa shape index (κ2) is 7.23. The number of nitrogens with one attached hydrogen (secondary N) is 1. The molecule has 1 aromatic rings. The van der Waals surface area contributed by atoms with Gasteiger partial charge in [-0.3, -0.25) is 0 Å². The fraction of sp³-hybridized carbons (Fsp3) is 0.625. The van der Waals surface area contributed by atoms with E-state index in [2.05, 4.69) is 29.6 Å². The van der Waals surface area contributed by atoms with Gasteiger partial charge in [-0.1, -0.05) is 30.3 Å². The largest absolute Gasteiger partial charge is 0.319 e. The SMILES string of the molecule is CNCC(CCCc1ccccc1)C1CCS(=O)(=O)C1. The molecule has 4 heteroatoms. The number of aryl methyl sites for hydroxylation is 1. The van der Waals surface area contributed by atoms with Gasteiger partial charge in [0.15, 0.2) is 9.84 Å². The first-order valence-electron chi connectivity index (χ1n) is 7.49. The second-order valence-corrected chi connectivity index (χ2v) is 8.09. The standard InChI is InChI=1S/C16H25NO2S/c1-17-12-15(16-10-11-20(18,19)13-16)9-5-8-14-6-3-2-4-7-14/h2-4,6-7,15-17H,5,8-13H2,1H3. The van der Waals surface area contributed by atoms with Gasteiger partial charge < -0.3 is 5.32 Å². The van der Waals surface area contributed by atoms with Crippen LogP contribution in [0.5, 0.6) is 0 Å². The summed E-state index contributed by atoms with van der Waals surface area (Å²) in [5, 5.41) is 3.23. The molecule has 1 fully saturated rings. The lowest BCUT2D eigenvalue weighted by molar-refractivity contribution is 0.326. The van der Waals surface area contributed by atoms with Crippen molar-refractivity contribution in [2.24, 2.45) is 11.8 Å². The van der Waals surface area contributed by atoms with Crippen LogP contribution in [-0.2, 0) is 16.3 Å². The Morgan fingerprint density at radius 1 is 1.30 bits per heavy atom. The molecular formula is C16H25NO2S. The van der Waals surface area contributed by atoms with Gasteiger partial charge in [-0.15, -0.1) is 0 Å². The molecule has 1 N–H and O–H groups in total. The second-order valence-electron chi connectivity index (χ2n) is 5.86. The molecule has 2 atom stereocenters. The van der Waals surface area contributed by atoms with E-state index in [0.717, 1.165) is 32.2 Å². The van der Waals surface area contributed by atoms with Crippen LogP contribution >= 0.6 is 0 Å². The fourth-order valence-corrected chi connectivity index (χ4v) is 5.09. The molecule has 2 unspecified atom stereocenters. The summed E-state index contributed by atoms with van der Waals surface area (Å²) in [5.74, 6) is 1.62. The number of rotatable bonds is 7. The van der Waals surface area contributed by atoms with Crippen molar-refractivity contribution in [1.82, 2.24) is 5.32 Å². The summed E-state index contributed by atoms with van der Waals surface area (Å²) in [6.07, 6.45) is 4.17. The Morgan fingerprint density at radius 2 is 2.05 bits per heavy atom. The van der Waals surface area contributed by atoms with Crippen molar-refractivity contribution < 1.29 is 8.42 Å². The van der Waals surface area contributed by atoms with Crippen molar-refractivity contribution >= 4 is 9.84 Å². The highest BCUT2D eigenvalue weighted by Crippen LogP contribution is 2.29. The number of hydrogen-bond donors (Lipinski definition) is 1. The third kappa shape index (κ3) is 4.60. The first-order valence-corrected chi connectivity index (χ1v) is 9.32. The van der Waals surface area contributed by atoms with Crippen LogP contribution < -0.4 is 5.32 Å². The number of hydrogen-bond acceptors (Lipinski definition) is 3. The van der Waals surface area contributed by atoms with E-state index >= 15 is 0 Å². The zero-order chi connectivity index (χ0) is 14.4. The molecule has 0 aromatic heterocycles. The van der Waals surface area contributed by atoms with E-state index in [0.29, 0.717) is 23.3 Å². The van der Waals surface area contributed by atoms with Crippen LogP contribution in [-0.4, -0.2) is 33.5 Å². The van der Waals surface area contributed by atoms with Gasteiger partial charge in [-0.05, 0) is 56.7 Å². The maximum absolute atomic E-state index is 11.6. The lowest BCUT2D eigenvalue weighted by atomic mass is 9.87. The fourth-order valence-electron chi connectivity index (χ4n) is 3.18. The minimum atomic E-state index is -2.76. The third-order valence-electron chi connectivity index (χ3n) is 4.28. The molecule has 1 aliphatic rings. The Morgan fingerprint density at radius 3 is 2.65 bits per heavy atom. The van der Waals surface area contributed by atoms with Gasteiger partial charge in [-0.2, -0.15) is 0 Å². The van der Waals surface area contributed by atoms with E-state index in [1.807, 2.05) is 13.1 Å². The van der Waals surface area contributed by atoms with Crippen LogP contribution in [0.1, 0.15) is 24.8 Å². The molecule has 0 amide bonds. The molecule has 1 aliphatic heterocycles. The molecule has 3 nitrogen and oxygen atoms in total. The van der Waals surface area contributed by atoms with E-state index in [4.69, 9.17) is 0 Å². The van der Waals surface area contributed by atoms with Crippen molar-refractivity contribution in [2.75, 3.05) is 25.1 Å². The maximum atomic E-state index is 11.6. The van der Waals surface area contributed by atoms with Crippen molar-refractivity contribution in [3.8, 4) is 0 Å². The van der Waals surface area contributed by atoms with E-state index < -0.39 is 9.84 Å². The van der Waals surface area contributed by atoms with Crippen LogP contribution in [0.3, 0.4) is 0 Å². The summed E-state index contributed by atoms with van der Waals surface area (Å²) in [4.78, 5) is 0. The molecule has 20 heavy (non-hydrogen) atoms. The molecule has 112 valence electrons. The predicted octanol–water partition coefficient (Wildman–Crippen LogP) is 2.28. The van der Waals surface area contributed by atoms with Gasteiger partial charge in [0.1, 0.15) is 0 Å². The van der Waals surface area contributed by atoms with Crippen LogP contribution in [0.4, 0.5) is 0 Å². The minimum Gasteiger partial charge on any atom is -0.319 e. The molecular weight excluding hydrogens is 270 g/mol. The van der Waals surface area contributed by atoms with Crippen LogP contribution in [0.15, 0.2) is 30.3 Å². The van der Waals surface area contributed by atoms with Gasteiger partial charge in [0, 0.05) is 0 Å². The monoisotopic (exact) mass is 295 g/mol. The summed E-state index contributed by atoms with van der Waals surface area (Å²) in [5.41, 5.74) is 1.37. The Labute approximate surface area is 122 Å². The average molecular weight is 295 g/mol. The first-order chi connectivity index (χ1) is 9.61. The molecule has 1 heterocycles. The first kappa shape index (κ1) is 15.5. The highest BCUT2D eigenvalue weighted by atomic mass is 32.2. The third-order valence-corrected chi connectivity index (χ3v) is 6.08. The topological polar surface area (TPSA) is 46.2 Å². The Balaban J connectivity index is 1.83. The lowest BCUT2D eigenvalue weighted by Gasteiger charge is -2.22.